The van der Waals surface area contributed by atoms with E-state index in [9.17, 15) is 13.2 Å². The van der Waals surface area contributed by atoms with Crippen molar-refractivity contribution in [3.8, 4) is 12.3 Å². The van der Waals surface area contributed by atoms with Crippen LogP contribution >= 0.6 is 0 Å². The highest BCUT2D eigenvalue weighted by atomic mass is 32.2. The van der Waals surface area contributed by atoms with Crippen molar-refractivity contribution in [1.29, 1.82) is 0 Å². The molecule has 0 radical (unpaired) electrons. The summed E-state index contributed by atoms with van der Waals surface area (Å²) in [6.45, 7) is 3.54. The van der Waals surface area contributed by atoms with Crippen LogP contribution in [0.15, 0.2) is 60.0 Å². The molecule has 0 unspecified atom stereocenters. The third kappa shape index (κ3) is 6.41. The second-order valence-electron chi connectivity index (χ2n) is 6.31. The number of carbonyl (C=O) groups is 1. The lowest BCUT2D eigenvalue weighted by molar-refractivity contribution is -0.118. The normalized spacial score (nSPS) is 12.7. The molecule has 0 aliphatic carbocycles. The fourth-order valence-electron chi connectivity index (χ4n) is 2.35. The molecule has 2 rings (SSSR count). The van der Waals surface area contributed by atoms with Crippen LogP contribution in [0.25, 0.3) is 6.08 Å². The van der Waals surface area contributed by atoms with Gasteiger partial charge in [0.25, 0.3) is 0 Å². The number of rotatable bonds is 7. The van der Waals surface area contributed by atoms with Gasteiger partial charge in [-0.05, 0) is 35.8 Å². The van der Waals surface area contributed by atoms with Gasteiger partial charge >= 0.3 is 0 Å². The van der Waals surface area contributed by atoms with Gasteiger partial charge in [-0.3, -0.25) is 4.79 Å². The molecule has 1 atom stereocenters. The lowest BCUT2D eigenvalue weighted by atomic mass is 10.0. The highest BCUT2D eigenvalue weighted by Crippen LogP contribution is 2.13. The van der Waals surface area contributed by atoms with E-state index < -0.39 is 22.0 Å². The summed E-state index contributed by atoms with van der Waals surface area (Å²) >= 11 is 0. The van der Waals surface area contributed by atoms with Gasteiger partial charge in [0.1, 0.15) is 6.04 Å². The van der Waals surface area contributed by atoms with E-state index in [-0.39, 0.29) is 5.92 Å². The first-order valence-electron chi connectivity index (χ1n) is 8.44. The van der Waals surface area contributed by atoms with E-state index in [0.29, 0.717) is 11.3 Å². The van der Waals surface area contributed by atoms with Crippen molar-refractivity contribution in [1.82, 2.24) is 4.72 Å². The van der Waals surface area contributed by atoms with Crippen LogP contribution in [0.4, 0.5) is 5.69 Å². The standard InChI is InChI=1S/C21H22N2O3S/c1-4-17-11-8-12-19(15-17)22-21(24)20(16(2)3)23-27(25,26)14-13-18-9-6-5-7-10-18/h1,5-16,20,23H,2-3H3,(H,22,24)/b14-13+/t20-/m0/s1. The molecule has 0 heterocycles. The maximum absolute atomic E-state index is 12.6. The monoisotopic (exact) mass is 382 g/mol. The molecular formula is C21H22N2O3S. The van der Waals surface area contributed by atoms with Gasteiger partial charge in [0, 0.05) is 16.7 Å². The van der Waals surface area contributed by atoms with E-state index in [1.165, 1.54) is 6.08 Å². The summed E-state index contributed by atoms with van der Waals surface area (Å²) in [6, 6.07) is 14.9. The topological polar surface area (TPSA) is 75.3 Å². The molecule has 140 valence electrons. The van der Waals surface area contributed by atoms with Gasteiger partial charge < -0.3 is 5.32 Å². The Kier molecular flexibility index (Phi) is 6.94. The summed E-state index contributed by atoms with van der Waals surface area (Å²) in [4.78, 5) is 12.6. The molecule has 0 spiro atoms. The molecule has 2 N–H and O–H groups in total. The first-order chi connectivity index (χ1) is 12.8. The molecule has 6 heteroatoms. The minimum atomic E-state index is -3.80. The molecule has 2 aromatic rings. The second-order valence-corrected chi connectivity index (χ2v) is 7.91. The zero-order chi connectivity index (χ0) is 19.9. The first-order valence-corrected chi connectivity index (χ1v) is 9.98. The van der Waals surface area contributed by atoms with Crippen molar-refractivity contribution in [3.05, 3.63) is 71.1 Å². The van der Waals surface area contributed by atoms with Crippen LogP contribution in [-0.4, -0.2) is 20.4 Å². The fraction of sp³-hybridized carbons (Fsp3) is 0.190. The Labute approximate surface area is 160 Å². The van der Waals surface area contributed by atoms with Gasteiger partial charge in [-0.2, -0.15) is 4.72 Å². The third-order valence-corrected chi connectivity index (χ3v) is 4.85. The minimum Gasteiger partial charge on any atom is -0.325 e. The van der Waals surface area contributed by atoms with E-state index in [1.54, 1.807) is 50.2 Å². The number of sulfonamides is 1. The molecule has 1 amide bonds. The lowest BCUT2D eigenvalue weighted by Crippen LogP contribution is -2.46. The van der Waals surface area contributed by atoms with Gasteiger partial charge in [-0.25, -0.2) is 8.42 Å². The molecule has 0 aromatic heterocycles. The van der Waals surface area contributed by atoms with Crippen LogP contribution in [-0.2, 0) is 14.8 Å². The number of anilines is 1. The SMILES string of the molecule is C#Cc1cccc(NC(=O)[C@@H](NS(=O)(=O)/C=C/c2ccccc2)C(C)C)c1. The molecule has 0 fully saturated rings. The molecular weight excluding hydrogens is 360 g/mol. The summed E-state index contributed by atoms with van der Waals surface area (Å²) in [7, 11) is -3.80. The van der Waals surface area contributed by atoms with Gasteiger partial charge in [0.15, 0.2) is 0 Å². The van der Waals surface area contributed by atoms with Crippen molar-refractivity contribution in [3.63, 3.8) is 0 Å². The van der Waals surface area contributed by atoms with Crippen LogP contribution in [0.2, 0.25) is 0 Å². The lowest BCUT2D eigenvalue weighted by Gasteiger charge is -2.20. The summed E-state index contributed by atoms with van der Waals surface area (Å²) in [5.41, 5.74) is 1.89. The van der Waals surface area contributed by atoms with Crippen LogP contribution < -0.4 is 10.0 Å². The maximum atomic E-state index is 12.6. The number of hydrogen-bond donors (Lipinski definition) is 2. The summed E-state index contributed by atoms with van der Waals surface area (Å²) in [5, 5.41) is 3.77. The van der Waals surface area contributed by atoms with Crippen molar-refractivity contribution in [2.45, 2.75) is 19.9 Å². The molecule has 0 saturated heterocycles. The second kappa shape index (κ2) is 9.17. The Balaban J connectivity index is 2.12. The van der Waals surface area contributed by atoms with Crippen molar-refractivity contribution >= 4 is 27.7 Å². The minimum absolute atomic E-state index is 0.249. The van der Waals surface area contributed by atoms with Crippen LogP contribution in [0.1, 0.15) is 25.0 Å². The van der Waals surface area contributed by atoms with Gasteiger partial charge in [0.2, 0.25) is 15.9 Å². The largest absolute Gasteiger partial charge is 0.325 e. The highest BCUT2D eigenvalue weighted by Gasteiger charge is 2.26. The predicted molar refractivity (Wildman–Crippen MR) is 109 cm³/mol. The van der Waals surface area contributed by atoms with Gasteiger partial charge in [-0.15, -0.1) is 6.42 Å². The summed E-state index contributed by atoms with van der Waals surface area (Å²) < 4.78 is 27.2. The van der Waals surface area contributed by atoms with Crippen LogP contribution in [0.3, 0.4) is 0 Å². The van der Waals surface area contributed by atoms with Gasteiger partial charge in [0.05, 0.1) is 0 Å². The molecule has 5 nitrogen and oxygen atoms in total. The van der Waals surface area contributed by atoms with Crippen molar-refractivity contribution < 1.29 is 13.2 Å². The van der Waals surface area contributed by atoms with Crippen molar-refractivity contribution in [2.24, 2.45) is 5.92 Å². The average molecular weight is 382 g/mol. The first kappa shape index (κ1) is 20.4. The summed E-state index contributed by atoms with van der Waals surface area (Å²) in [6.07, 6.45) is 6.84. The van der Waals surface area contributed by atoms with E-state index in [0.717, 1.165) is 11.0 Å². The number of carbonyl (C=O) groups excluding carboxylic acids is 1. The van der Waals surface area contributed by atoms with Crippen LogP contribution in [0, 0.1) is 18.3 Å². The zero-order valence-electron chi connectivity index (χ0n) is 15.2. The Morgan fingerprint density at radius 2 is 1.81 bits per heavy atom. The Morgan fingerprint density at radius 3 is 2.44 bits per heavy atom. The average Bonchev–Trinajstić information content (AvgIpc) is 2.65. The smallest absolute Gasteiger partial charge is 0.242 e. The molecule has 0 aliphatic rings. The Morgan fingerprint density at radius 1 is 1.11 bits per heavy atom. The quantitative estimate of drug-likeness (QED) is 0.722. The molecule has 27 heavy (non-hydrogen) atoms. The van der Waals surface area contributed by atoms with E-state index >= 15 is 0 Å². The number of hydrogen-bond acceptors (Lipinski definition) is 3. The number of amides is 1. The fourth-order valence-corrected chi connectivity index (χ4v) is 3.50. The van der Waals surface area contributed by atoms with E-state index in [2.05, 4.69) is 16.0 Å². The predicted octanol–water partition coefficient (Wildman–Crippen LogP) is 3.22. The Hall–Kier alpha value is -2.88. The number of benzene rings is 2. The molecule has 0 saturated carbocycles. The molecule has 0 aliphatic heterocycles. The van der Waals surface area contributed by atoms with Crippen LogP contribution in [0.5, 0.6) is 0 Å². The van der Waals surface area contributed by atoms with Gasteiger partial charge in [-0.1, -0.05) is 56.2 Å². The Bertz CT molecular complexity index is 958. The highest BCUT2D eigenvalue weighted by molar-refractivity contribution is 7.92. The summed E-state index contributed by atoms with van der Waals surface area (Å²) in [5.74, 6) is 1.79. The maximum Gasteiger partial charge on any atom is 0.242 e. The number of nitrogens with one attached hydrogen (secondary N) is 2. The zero-order valence-corrected chi connectivity index (χ0v) is 16.0. The van der Waals surface area contributed by atoms with E-state index in [4.69, 9.17) is 6.42 Å². The number of terminal acetylenes is 1. The van der Waals surface area contributed by atoms with E-state index in [1.807, 2.05) is 18.2 Å². The molecule has 2 aromatic carbocycles. The third-order valence-electron chi connectivity index (χ3n) is 3.78. The molecule has 0 bridgehead atoms. The van der Waals surface area contributed by atoms with Crippen molar-refractivity contribution in [2.75, 3.05) is 5.32 Å².